The maximum Gasteiger partial charge on any atom is 0.338 e. The highest BCUT2D eigenvalue weighted by atomic mass is 16.5. The summed E-state index contributed by atoms with van der Waals surface area (Å²) in [6.45, 7) is 3.42. The number of carbonyl (C=O) groups excluding carboxylic acids is 1. The zero-order valence-electron chi connectivity index (χ0n) is 17.1. The van der Waals surface area contributed by atoms with Gasteiger partial charge in [-0.1, -0.05) is 42.5 Å². The van der Waals surface area contributed by atoms with Crippen molar-refractivity contribution in [1.29, 1.82) is 0 Å². The fraction of sp³-hybridized carbons (Fsp3) is 0.391. The molecule has 2 aromatic rings. The van der Waals surface area contributed by atoms with Crippen molar-refractivity contribution in [3.8, 4) is 0 Å². The Morgan fingerprint density at radius 2 is 2.00 bits per heavy atom. The molecule has 0 aliphatic carbocycles. The van der Waals surface area contributed by atoms with E-state index in [1.165, 1.54) is 0 Å². The topological polar surface area (TPSA) is 63.2 Å². The summed E-state index contributed by atoms with van der Waals surface area (Å²) in [5.41, 5.74) is 2.52. The van der Waals surface area contributed by atoms with Crippen LogP contribution < -0.4 is 5.32 Å². The van der Waals surface area contributed by atoms with Crippen LogP contribution in [0.1, 0.15) is 27.9 Å². The lowest BCUT2D eigenvalue weighted by atomic mass is 10.1. The number of nitrogens with zero attached hydrogens (tertiary/aromatic N) is 2. The Morgan fingerprint density at radius 3 is 2.72 bits per heavy atom. The largest absolute Gasteiger partial charge is 0.457 e. The molecular formula is C23H29N3O3. The lowest BCUT2D eigenvalue weighted by Crippen LogP contribution is -2.41. The second-order valence-electron chi connectivity index (χ2n) is 7.27. The highest BCUT2D eigenvalue weighted by Gasteiger charge is 2.19. The van der Waals surface area contributed by atoms with Crippen LogP contribution in [0.2, 0.25) is 0 Å². The number of guanidine groups is 1. The molecule has 0 spiro atoms. The first-order valence-corrected chi connectivity index (χ1v) is 9.95. The van der Waals surface area contributed by atoms with Crippen LogP contribution >= 0.6 is 0 Å². The predicted octanol–water partition coefficient (Wildman–Crippen LogP) is 3.09. The fourth-order valence-corrected chi connectivity index (χ4v) is 3.38. The molecule has 1 aliphatic rings. The summed E-state index contributed by atoms with van der Waals surface area (Å²) in [4.78, 5) is 18.9. The number of hydrogen-bond donors (Lipinski definition) is 1. The van der Waals surface area contributed by atoms with Gasteiger partial charge in [-0.25, -0.2) is 4.79 Å². The first-order valence-electron chi connectivity index (χ1n) is 9.95. The van der Waals surface area contributed by atoms with Crippen LogP contribution in [-0.4, -0.2) is 50.7 Å². The first kappa shape index (κ1) is 20.9. The van der Waals surface area contributed by atoms with Crippen LogP contribution in [-0.2, 0) is 22.6 Å². The smallest absolute Gasteiger partial charge is 0.338 e. The van der Waals surface area contributed by atoms with Gasteiger partial charge < -0.3 is 19.7 Å². The van der Waals surface area contributed by atoms with Crippen LogP contribution in [0, 0.1) is 5.92 Å². The van der Waals surface area contributed by atoms with E-state index in [-0.39, 0.29) is 12.6 Å². The summed E-state index contributed by atoms with van der Waals surface area (Å²) >= 11 is 0. The van der Waals surface area contributed by atoms with Gasteiger partial charge in [0.15, 0.2) is 5.96 Å². The minimum Gasteiger partial charge on any atom is -0.457 e. The molecule has 1 heterocycles. The van der Waals surface area contributed by atoms with Crippen molar-refractivity contribution in [1.82, 2.24) is 10.2 Å². The molecule has 0 saturated carbocycles. The molecule has 1 N–H and O–H groups in total. The van der Waals surface area contributed by atoms with E-state index in [4.69, 9.17) is 9.47 Å². The lowest BCUT2D eigenvalue weighted by molar-refractivity contribution is 0.0472. The Balaban J connectivity index is 1.52. The van der Waals surface area contributed by atoms with Crippen molar-refractivity contribution >= 4 is 11.9 Å². The number of esters is 1. The zero-order chi connectivity index (χ0) is 20.5. The Kier molecular flexibility index (Phi) is 7.64. The third kappa shape index (κ3) is 6.32. The number of rotatable bonds is 7. The molecule has 0 bridgehead atoms. The number of benzene rings is 2. The van der Waals surface area contributed by atoms with Crippen LogP contribution in [0.25, 0.3) is 0 Å². The molecule has 0 radical (unpaired) electrons. The van der Waals surface area contributed by atoms with Crippen molar-refractivity contribution < 1.29 is 14.3 Å². The number of carbonyl (C=O) groups is 1. The van der Waals surface area contributed by atoms with Gasteiger partial charge in [0, 0.05) is 39.7 Å². The van der Waals surface area contributed by atoms with E-state index < -0.39 is 0 Å². The van der Waals surface area contributed by atoms with E-state index in [2.05, 4.69) is 15.2 Å². The summed E-state index contributed by atoms with van der Waals surface area (Å²) in [6.07, 6.45) is 1.09. The van der Waals surface area contributed by atoms with E-state index in [0.717, 1.165) is 43.3 Å². The van der Waals surface area contributed by atoms with E-state index >= 15 is 0 Å². The third-order valence-corrected chi connectivity index (χ3v) is 4.96. The molecular weight excluding hydrogens is 366 g/mol. The molecule has 1 aliphatic heterocycles. The van der Waals surface area contributed by atoms with Crippen LogP contribution in [0.4, 0.5) is 0 Å². The van der Waals surface area contributed by atoms with Crippen molar-refractivity contribution in [2.45, 2.75) is 19.6 Å². The Morgan fingerprint density at radius 1 is 1.21 bits per heavy atom. The van der Waals surface area contributed by atoms with Crippen molar-refractivity contribution in [2.24, 2.45) is 10.9 Å². The molecule has 6 nitrogen and oxygen atoms in total. The van der Waals surface area contributed by atoms with Gasteiger partial charge in [0.25, 0.3) is 0 Å². The summed E-state index contributed by atoms with van der Waals surface area (Å²) in [7, 11) is 3.81. The van der Waals surface area contributed by atoms with E-state index in [1.807, 2.05) is 55.6 Å². The molecule has 1 unspecified atom stereocenters. The van der Waals surface area contributed by atoms with Gasteiger partial charge in [0.1, 0.15) is 6.61 Å². The summed E-state index contributed by atoms with van der Waals surface area (Å²) < 4.78 is 10.9. The molecule has 1 fully saturated rings. The first-order chi connectivity index (χ1) is 14.2. The summed E-state index contributed by atoms with van der Waals surface area (Å²) in [5, 5.41) is 3.37. The standard InChI is InChI=1S/C23H29N3O3/c1-24-23(26(2)15-20-11-12-28-16-20)25-14-19-9-6-10-21(13-19)22(27)29-17-18-7-4-3-5-8-18/h3-10,13,20H,11-12,14-17H2,1-2H3,(H,24,25). The van der Waals surface area contributed by atoms with Gasteiger partial charge in [-0.15, -0.1) is 0 Å². The van der Waals surface area contributed by atoms with E-state index in [9.17, 15) is 4.79 Å². The molecule has 6 heteroatoms. The fourth-order valence-electron chi connectivity index (χ4n) is 3.38. The average Bonchev–Trinajstić information content (AvgIpc) is 3.26. The lowest BCUT2D eigenvalue weighted by Gasteiger charge is -2.24. The molecule has 154 valence electrons. The molecule has 2 aromatic carbocycles. The molecule has 1 atom stereocenters. The highest BCUT2D eigenvalue weighted by molar-refractivity contribution is 5.89. The van der Waals surface area contributed by atoms with Gasteiger partial charge >= 0.3 is 5.97 Å². The van der Waals surface area contributed by atoms with E-state index in [0.29, 0.717) is 18.0 Å². The van der Waals surface area contributed by atoms with Gasteiger partial charge in [-0.05, 0) is 29.7 Å². The molecule has 0 aromatic heterocycles. The van der Waals surface area contributed by atoms with Gasteiger partial charge in [-0.2, -0.15) is 0 Å². The quantitative estimate of drug-likeness (QED) is 0.443. The SMILES string of the molecule is CN=C(NCc1cccc(C(=O)OCc2ccccc2)c1)N(C)CC1CCOC1. The predicted molar refractivity (Wildman–Crippen MR) is 114 cm³/mol. The zero-order valence-corrected chi connectivity index (χ0v) is 17.1. The van der Waals surface area contributed by atoms with Gasteiger partial charge in [0.2, 0.25) is 0 Å². The number of aliphatic imine (C=N–C) groups is 1. The average molecular weight is 396 g/mol. The number of ether oxygens (including phenoxy) is 2. The van der Waals surface area contributed by atoms with Gasteiger partial charge in [0.05, 0.1) is 12.2 Å². The normalized spacial score (nSPS) is 16.5. The monoisotopic (exact) mass is 395 g/mol. The third-order valence-electron chi connectivity index (χ3n) is 4.96. The Labute approximate surface area is 172 Å². The summed E-state index contributed by atoms with van der Waals surface area (Å²) in [5.74, 6) is 1.05. The molecule has 29 heavy (non-hydrogen) atoms. The highest BCUT2D eigenvalue weighted by Crippen LogP contribution is 2.13. The van der Waals surface area contributed by atoms with Gasteiger partial charge in [-0.3, -0.25) is 4.99 Å². The number of hydrogen-bond acceptors (Lipinski definition) is 4. The van der Waals surface area contributed by atoms with Crippen molar-refractivity contribution in [2.75, 3.05) is 33.9 Å². The maximum atomic E-state index is 12.4. The van der Waals surface area contributed by atoms with Crippen LogP contribution in [0.15, 0.2) is 59.6 Å². The van der Waals surface area contributed by atoms with Crippen molar-refractivity contribution in [3.05, 3.63) is 71.3 Å². The minimum atomic E-state index is -0.321. The second kappa shape index (κ2) is 10.6. The minimum absolute atomic E-state index is 0.268. The van der Waals surface area contributed by atoms with Crippen LogP contribution in [0.3, 0.4) is 0 Å². The van der Waals surface area contributed by atoms with Crippen molar-refractivity contribution in [3.63, 3.8) is 0 Å². The maximum absolute atomic E-state index is 12.4. The number of nitrogens with one attached hydrogen (secondary N) is 1. The Bertz CT molecular complexity index is 817. The van der Waals surface area contributed by atoms with E-state index in [1.54, 1.807) is 13.1 Å². The molecule has 0 amide bonds. The second-order valence-corrected chi connectivity index (χ2v) is 7.27. The Hall–Kier alpha value is -2.86. The van der Waals surface area contributed by atoms with Crippen LogP contribution in [0.5, 0.6) is 0 Å². The summed E-state index contributed by atoms with van der Waals surface area (Å²) in [6, 6.07) is 17.2. The molecule has 3 rings (SSSR count). The molecule has 1 saturated heterocycles.